The summed E-state index contributed by atoms with van der Waals surface area (Å²) in [6.07, 6.45) is 7.55. The van der Waals surface area contributed by atoms with Gasteiger partial charge in [-0.15, -0.1) is 0 Å². The van der Waals surface area contributed by atoms with Crippen LogP contribution in [0.4, 0.5) is 0 Å². The Morgan fingerprint density at radius 1 is 0.812 bits per heavy atom. The molecule has 0 spiro atoms. The van der Waals surface area contributed by atoms with Crippen molar-refractivity contribution in [2.75, 3.05) is 12.3 Å². The van der Waals surface area contributed by atoms with Crippen LogP contribution in [0, 0.1) is 40.4 Å². The van der Waals surface area contributed by atoms with Crippen molar-refractivity contribution in [3.05, 3.63) is 22.3 Å². The molecule has 3 aliphatic carbocycles. The highest BCUT2D eigenvalue weighted by atomic mass is 31.2. The minimum absolute atomic E-state index is 0.179. The van der Waals surface area contributed by atoms with Crippen LogP contribution in [0.25, 0.3) is 0 Å². The van der Waals surface area contributed by atoms with Crippen LogP contribution in [0.5, 0.6) is 0 Å². The van der Waals surface area contributed by atoms with E-state index in [1.807, 2.05) is 0 Å². The maximum absolute atomic E-state index is 11.2. The zero-order valence-corrected chi connectivity index (χ0v) is 23.4. The standard InChI is InChI=1S/C26H48O4P2/c1-17(13-25(3,4)5)15-31(27,28)20-11-21-19-9-23(22(21)12-20)24(10-19)32(29,30)16-18(2)14-26(6,7)8/h12,17-19,21-22,27-30H,9-11,13-16H2,1-8H3/q+2. The van der Waals surface area contributed by atoms with Crippen LogP contribution in [-0.4, -0.2) is 31.9 Å². The van der Waals surface area contributed by atoms with Crippen LogP contribution in [0.2, 0.25) is 0 Å². The maximum atomic E-state index is 11.2. The smallest absolute Gasteiger partial charge is 0.215 e. The molecule has 3 rings (SSSR count). The van der Waals surface area contributed by atoms with Gasteiger partial charge < -0.3 is 0 Å². The van der Waals surface area contributed by atoms with Gasteiger partial charge in [-0.3, -0.25) is 0 Å². The summed E-state index contributed by atoms with van der Waals surface area (Å²) in [5.41, 5.74) is 1.58. The first-order valence-electron chi connectivity index (χ1n) is 12.5. The molecular formula is C26H48O4P2+2. The minimum atomic E-state index is -3.10. The predicted molar refractivity (Wildman–Crippen MR) is 138 cm³/mol. The molecular weight excluding hydrogens is 438 g/mol. The molecule has 184 valence electrons. The van der Waals surface area contributed by atoms with E-state index in [4.69, 9.17) is 0 Å². The fourth-order valence-corrected chi connectivity index (χ4v) is 11.6. The number of rotatable bonds is 8. The third-order valence-electron chi connectivity index (χ3n) is 7.54. The molecule has 2 bridgehead atoms. The molecule has 0 aliphatic heterocycles. The Kier molecular flexibility index (Phi) is 7.53. The second-order valence-electron chi connectivity index (χ2n) is 13.8. The van der Waals surface area contributed by atoms with Gasteiger partial charge in [0.2, 0.25) is 0 Å². The van der Waals surface area contributed by atoms with Crippen LogP contribution in [0.15, 0.2) is 22.3 Å². The van der Waals surface area contributed by atoms with E-state index >= 15 is 0 Å². The fourth-order valence-electron chi connectivity index (χ4n) is 7.03. The quantitative estimate of drug-likeness (QED) is 0.279. The zero-order valence-electron chi connectivity index (χ0n) is 21.6. The zero-order chi connectivity index (χ0) is 24.3. The van der Waals surface area contributed by atoms with E-state index in [1.165, 1.54) is 5.57 Å². The second-order valence-corrected chi connectivity index (χ2v) is 18.5. The van der Waals surface area contributed by atoms with Crippen molar-refractivity contribution in [2.45, 2.75) is 87.5 Å². The van der Waals surface area contributed by atoms with Crippen LogP contribution < -0.4 is 0 Å². The van der Waals surface area contributed by atoms with Crippen LogP contribution in [0.1, 0.15) is 87.5 Å². The Bertz CT molecular complexity index is 770. The lowest BCUT2D eigenvalue weighted by atomic mass is 9.86. The van der Waals surface area contributed by atoms with Crippen molar-refractivity contribution in [3.8, 4) is 0 Å². The highest BCUT2D eigenvalue weighted by Crippen LogP contribution is 2.74. The molecule has 1 fully saturated rings. The van der Waals surface area contributed by atoms with Gasteiger partial charge in [0.1, 0.15) is 23.0 Å². The average molecular weight is 487 g/mol. The average Bonchev–Trinajstić information content (AvgIpc) is 3.21. The summed E-state index contributed by atoms with van der Waals surface area (Å²) in [6.45, 7) is 17.5. The van der Waals surface area contributed by atoms with Gasteiger partial charge in [0.15, 0.2) is 0 Å². The molecule has 32 heavy (non-hydrogen) atoms. The van der Waals surface area contributed by atoms with E-state index in [1.54, 1.807) is 0 Å². The van der Waals surface area contributed by atoms with E-state index in [0.717, 1.165) is 42.7 Å². The Labute approximate surface area is 197 Å². The summed E-state index contributed by atoms with van der Waals surface area (Å²) < 4.78 is 0. The molecule has 0 heterocycles. The van der Waals surface area contributed by atoms with Crippen LogP contribution in [0.3, 0.4) is 0 Å². The van der Waals surface area contributed by atoms with Crippen LogP contribution in [-0.2, 0) is 0 Å². The highest BCUT2D eigenvalue weighted by Gasteiger charge is 2.59. The molecule has 5 unspecified atom stereocenters. The molecule has 5 atom stereocenters. The first-order valence-corrected chi connectivity index (χ1v) is 16.2. The lowest BCUT2D eigenvalue weighted by Crippen LogP contribution is -2.20. The Morgan fingerprint density at radius 3 is 1.81 bits per heavy atom. The molecule has 0 aromatic rings. The van der Waals surface area contributed by atoms with Gasteiger partial charge >= 0.3 is 0 Å². The minimum Gasteiger partial charge on any atom is -0.215 e. The molecule has 0 radical (unpaired) electrons. The SMILES string of the molecule is CC(CC(C)(C)C)C[P+](O)(O)C1=CC2C3=C([P+](O)(O)CC(C)CC(C)(C)C)CC(C3)C2C1. The maximum Gasteiger partial charge on any atom is 0.295 e. The van der Waals surface area contributed by atoms with Gasteiger partial charge in [0, 0.05) is 18.8 Å². The number of hydrogen-bond donors (Lipinski definition) is 4. The Balaban J connectivity index is 1.74. The molecule has 4 nitrogen and oxygen atoms in total. The third kappa shape index (κ3) is 6.24. The topological polar surface area (TPSA) is 80.9 Å². The highest BCUT2D eigenvalue weighted by molar-refractivity contribution is 7.69. The summed E-state index contributed by atoms with van der Waals surface area (Å²) in [6, 6.07) is 0. The molecule has 4 N–H and O–H groups in total. The van der Waals surface area contributed by atoms with E-state index < -0.39 is 15.4 Å². The summed E-state index contributed by atoms with van der Waals surface area (Å²) in [4.78, 5) is 44.5. The first kappa shape index (κ1) is 26.8. The summed E-state index contributed by atoms with van der Waals surface area (Å²) in [5.74, 6) is 1.58. The normalized spacial score (nSPS) is 28.2. The van der Waals surface area contributed by atoms with Gasteiger partial charge in [-0.1, -0.05) is 55.4 Å². The van der Waals surface area contributed by atoms with Gasteiger partial charge in [-0.05, 0) is 65.4 Å². The van der Waals surface area contributed by atoms with Crippen molar-refractivity contribution in [2.24, 2.45) is 40.4 Å². The van der Waals surface area contributed by atoms with E-state index in [2.05, 4.69) is 61.5 Å². The van der Waals surface area contributed by atoms with Gasteiger partial charge in [0.05, 0.1) is 0 Å². The predicted octanol–water partition coefficient (Wildman–Crippen LogP) is 6.99. The largest absolute Gasteiger partial charge is 0.295 e. The van der Waals surface area contributed by atoms with E-state index in [-0.39, 0.29) is 28.6 Å². The molecule has 3 aliphatic rings. The van der Waals surface area contributed by atoms with Gasteiger partial charge in [-0.25, -0.2) is 19.6 Å². The molecule has 0 amide bonds. The van der Waals surface area contributed by atoms with Crippen LogP contribution >= 0.6 is 15.4 Å². The monoisotopic (exact) mass is 486 g/mol. The summed E-state index contributed by atoms with van der Waals surface area (Å²) >= 11 is 0. The second kappa shape index (κ2) is 9.00. The van der Waals surface area contributed by atoms with Crippen molar-refractivity contribution < 1.29 is 19.6 Å². The summed E-state index contributed by atoms with van der Waals surface area (Å²) in [7, 11) is -6.19. The fraction of sp³-hybridized carbons (Fsp3) is 0.846. The molecule has 0 aromatic carbocycles. The van der Waals surface area contributed by atoms with Crippen molar-refractivity contribution in [1.82, 2.24) is 0 Å². The molecule has 1 saturated carbocycles. The number of fused-ring (bicyclic) bond motifs is 5. The lowest BCUT2D eigenvalue weighted by Gasteiger charge is -2.28. The lowest BCUT2D eigenvalue weighted by molar-refractivity contribution is 0.312. The Morgan fingerprint density at radius 2 is 1.31 bits per heavy atom. The number of allylic oxidation sites excluding steroid dienone is 4. The summed E-state index contributed by atoms with van der Waals surface area (Å²) in [5, 5.41) is 1.79. The number of hydrogen-bond acceptors (Lipinski definition) is 4. The van der Waals surface area contributed by atoms with Crippen molar-refractivity contribution >= 4 is 15.4 Å². The van der Waals surface area contributed by atoms with Crippen molar-refractivity contribution in [3.63, 3.8) is 0 Å². The van der Waals surface area contributed by atoms with Gasteiger partial charge in [0.25, 0.3) is 15.4 Å². The first-order chi connectivity index (χ1) is 14.4. The van der Waals surface area contributed by atoms with Crippen molar-refractivity contribution in [1.29, 1.82) is 0 Å². The molecule has 6 heteroatoms. The van der Waals surface area contributed by atoms with E-state index in [9.17, 15) is 19.6 Å². The Hall–Kier alpha value is 0.180. The van der Waals surface area contributed by atoms with Gasteiger partial charge in [-0.2, -0.15) is 0 Å². The third-order valence-corrected chi connectivity index (χ3v) is 12.4. The molecule has 0 saturated heterocycles. The van der Waals surface area contributed by atoms with E-state index in [0.29, 0.717) is 24.2 Å². The molecule has 0 aromatic heterocycles.